The molecular weight excluding hydrogens is 425 g/mol. The minimum Gasteiger partial charge on any atom is -0.384 e. The van der Waals surface area contributed by atoms with Gasteiger partial charge in [0, 0.05) is 25.3 Å². The molecule has 0 aliphatic heterocycles. The Morgan fingerprint density at radius 2 is 1.82 bits per heavy atom. The molecule has 4 saturated carbocycles. The fourth-order valence-electron chi connectivity index (χ4n) is 9.39. The molecule has 0 radical (unpaired) electrons. The van der Waals surface area contributed by atoms with Crippen molar-refractivity contribution in [1.29, 1.82) is 0 Å². The van der Waals surface area contributed by atoms with Crippen LogP contribution in [0.1, 0.15) is 88.4 Å². The summed E-state index contributed by atoms with van der Waals surface area (Å²) in [6.45, 7) is 5.71. The van der Waals surface area contributed by atoms with Crippen LogP contribution in [0, 0.1) is 52.7 Å². The summed E-state index contributed by atoms with van der Waals surface area (Å²) < 4.78 is 18.8. The van der Waals surface area contributed by atoms with Gasteiger partial charge in [-0.2, -0.15) is 0 Å². The highest BCUT2D eigenvalue weighted by molar-refractivity contribution is 5.94. The van der Waals surface area contributed by atoms with Gasteiger partial charge >= 0.3 is 0 Å². The van der Waals surface area contributed by atoms with Crippen LogP contribution >= 0.6 is 0 Å². The summed E-state index contributed by atoms with van der Waals surface area (Å²) in [7, 11) is 1.85. The molecule has 9 atom stereocenters. The lowest BCUT2D eigenvalue weighted by Crippen LogP contribution is -2.56. The van der Waals surface area contributed by atoms with Crippen molar-refractivity contribution in [2.45, 2.75) is 84.1 Å². The van der Waals surface area contributed by atoms with Crippen LogP contribution in [0.2, 0.25) is 0 Å². The molecule has 0 spiro atoms. The first-order valence-corrected chi connectivity index (χ1v) is 14.0. The zero-order valence-electron chi connectivity index (χ0n) is 21.4. The van der Waals surface area contributed by atoms with Crippen LogP contribution in [-0.2, 0) is 4.74 Å². The SMILES string of the molecule is COC[C@H]1CC[C@H]2C(CC[C@@H]3C2CC[C@@]2(C)C3CCC[C@@H]2[C@H](C)NC(=O)c2ccc(F)cc2)C1. The predicted octanol–water partition coefficient (Wildman–Crippen LogP) is 6.87. The van der Waals surface area contributed by atoms with Crippen molar-refractivity contribution in [2.75, 3.05) is 13.7 Å². The van der Waals surface area contributed by atoms with E-state index in [1.54, 1.807) is 12.1 Å². The molecule has 188 valence electrons. The van der Waals surface area contributed by atoms with Gasteiger partial charge in [0.15, 0.2) is 0 Å². The zero-order chi connectivity index (χ0) is 23.9. The summed E-state index contributed by atoms with van der Waals surface area (Å²) in [5.41, 5.74) is 0.867. The number of fused-ring (bicyclic) bond motifs is 5. The molecule has 3 nitrogen and oxygen atoms in total. The lowest BCUT2D eigenvalue weighted by Gasteiger charge is -2.61. The van der Waals surface area contributed by atoms with Crippen LogP contribution in [0.5, 0.6) is 0 Å². The van der Waals surface area contributed by atoms with Crippen LogP contribution < -0.4 is 5.32 Å². The summed E-state index contributed by atoms with van der Waals surface area (Å²) >= 11 is 0. The zero-order valence-corrected chi connectivity index (χ0v) is 21.4. The average molecular weight is 470 g/mol. The smallest absolute Gasteiger partial charge is 0.251 e. The number of methoxy groups -OCH3 is 1. The molecule has 3 unspecified atom stereocenters. The first-order chi connectivity index (χ1) is 16.4. The third kappa shape index (κ3) is 4.45. The number of amides is 1. The molecule has 1 amide bonds. The second-order valence-corrected chi connectivity index (χ2v) is 12.4. The number of carbonyl (C=O) groups excluding carboxylic acids is 1. The quantitative estimate of drug-likeness (QED) is 0.511. The highest BCUT2D eigenvalue weighted by atomic mass is 19.1. The van der Waals surface area contributed by atoms with Crippen LogP contribution in [0.3, 0.4) is 0 Å². The molecular formula is C30H44FNO2. The van der Waals surface area contributed by atoms with Gasteiger partial charge < -0.3 is 10.1 Å². The highest BCUT2D eigenvalue weighted by Gasteiger charge is 2.56. The van der Waals surface area contributed by atoms with Crippen LogP contribution in [0.15, 0.2) is 24.3 Å². The van der Waals surface area contributed by atoms with Crippen molar-refractivity contribution < 1.29 is 13.9 Å². The van der Waals surface area contributed by atoms with Gasteiger partial charge in [-0.15, -0.1) is 0 Å². The van der Waals surface area contributed by atoms with Crippen LogP contribution in [-0.4, -0.2) is 25.7 Å². The van der Waals surface area contributed by atoms with Gasteiger partial charge in [-0.3, -0.25) is 4.79 Å². The largest absolute Gasteiger partial charge is 0.384 e. The molecule has 0 saturated heterocycles. The Kier molecular flexibility index (Phi) is 7.08. The van der Waals surface area contributed by atoms with Crippen molar-refractivity contribution in [2.24, 2.45) is 46.8 Å². The van der Waals surface area contributed by atoms with Crippen molar-refractivity contribution in [3.63, 3.8) is 0 Å². The van der Waals surface area contributed by atoms with E-state index in [4.69, 9.17) is 4.74 Å². The maximum absolute atomic E-state index is 13.3. The summed E-state index contributed by atoms with van der Waals surface area (Å²) in [5.74, 6) is 5.39. The summed E-state index contributed by atoms with van der Waals surface area (Å²) in [6.07, 6.45) is 13.5. The van der Waals surface area contributed by atoms with Crippen LogP contribution in [0.4, 0.5) is 4.39 Å². The Bertz CT molecular complexity index is 856. The lowest BCUT2D eigenvalue weighted by atomic mass is 9.44. The molecule has 0 aromatic heterocycles. The third-order valence-corrected chi connectivity index (χ3v) is 10.8. The normalized spacial score (nSPS) is 40.4. The predicted molar refractivity (Wildman–Crippen MR) is 134 cm³/mol. The second-order valence-electron chi connectivity index (χ2n) is 12.4. The fraction of sp³-hybridized carbons (Fsp3) is 0.767. The number of carbonyl (C=O) groups is 1. The molecule has 5 rings (SSSR count). The van der Waals surface area contributed by atoms with Gasteiger partial charge in [-0.05, 0) is 136 Å². The minimum atomic E-state index is -0.300. The number of hydrogen-bond donors (Lipinski definition) is 1. The number of benzene rings is 1. The number of halogens is 1. The lowest BCUT2D eigenvalue weighted by molar-refractivity contribution is -0.116. The first-order valence-electron chi connectivity index (χ1n) is 14.0. The van der Waals surface area contributed by atoms with E-state index < -0.39 is 0 Å². The van der Waals surface area contributed by atoms with E-state index in [9.17, 15) is 9.18 Å². The molecule has 4 aliphatic rings. The van der Waals surface area contributed by atoms with Gasteiger partial charge in [0.1, 0.15) is 5.82 Å². The Labute approximate surface area is 205 Å². The van der Waals surface area contributed by atoms with Gasteiger partial charge in [0.25, 0.3) is 5.91 Å². The maximum atomic E-state index is 13.3. The van der Waals surface area contributed by atoms with E-state index in [0.717, 1.165) is 42.1 Å². The second kappa shape index (κ2) is 9.91. The number of rotatable bonds is 5. The Hall–Kier alpha value is -1.42. The third-order valence-electron chi connectivity index (χ3n) is 10.8. The van der Waals surface area contributed by atoms with Gasteiger partial charge in [-0.25, -0.2) is 4.39 Å². The van der Waals surface area contributed by atoms with E-state index >= 15 is 0 Å². The molecule has 1 aromatic rings. The molecule has 1 aromatic carbocycles. The number of ether oxygens (including phenoxy) is 1. The minimum absolute atomic E-state index is 0.0692. The van der Waals surface area contributed by atoms with E-state index in [2.05, 4.69) is 19.2 Å². The van der Waals surface area contributed by atoms with Crippen molar-refractivity contribution >= 4 is 5.91 Å². The summed E-state index contributed by atoms with van der Waals surface area (Å²) in [6, 6.07) is 6.07. The van der Waals surface area contributed by atoms with E-state index in [1.165, 1.54) is 76.3 Å². The van der Waals surface area contributed by atoms with Crippen LogP contribution in [0.25, 0.3) is 0 Å². The van der Waals surface area contributed by atoms with E-state index in [-0.39, 0.29) is 17.8 Å². The van der Waals surface area contributed by atoms with Gasteiger partial charge in [0.05, 0.1) is 0 Å². The Morgan fingerprint density at radius 3 is 2.59 bits per heavy atom. The van der Waals surface area contributed by atoms with Crippen molar-refractivity contribution in [1.82, 2.24) is 5.32 Å². The number of nitrogens with one attached hydrogen (secondary N) is 1. The molecule has 1 N–H and O–H groups in total. The van der Waals surface area contributed by atoms with Crippen molar-refractivity contribution in [3.05, 3.63) is 35.6 Å². The molecule has 4 fully saturated rings. The highest BCUT2D eigenvalue weighted by Crippen LogP contribution is 2.63. The Balaban J connectivity index is 1.27. The summed E-state index contributed by atoms with van der Waals surface area (Å²) in [5, 5.41) is 3.30. The monoisotopic (exact) mass is 469 g/mol. The number of hydrogen-bond acceptors (Lipinski definition) is 2. The Morgan fingerprint density at radius 1 is 1.06 bits per heavy atom. The standard InChI is InChI=1S/C30H44FNO2/c1-19(32-29(33)21-8-11-23(31)12-9-21)27-5-4-6-28-26-14-10-22-17-20(18-34-3)7-13-24(22)25(26)15-16-30(27,28)2/h8-9,11-12,19-20,22,24-28H,4-7,10,13-18H2,1-3H3,(H,32,33)/t19-,20-,22?,24-,25?,26+,27+,28?,30+/m0/s1. The van der Waals surface area contributed by atoms with E-state index in [1.807, 2.05) is 7.11 Å². The maximum Gasteiger partial charge on any atom is 0.251 e. The molecule has 0 bridgehead atoms. The van der Waals surface area contributed by atoms with Crippen molar-refractivity contribution in [3.8, 4) is 0 Å². The first kappa shape index (κ1) is 24.3. The van der Waals surface area contributed by atoms with Gasteiger partial charge in [-0.1, -0.05) is 13.3 Å². The molecule has 4 heteroatoms. The van der Waals surface area contributed by atoms with Gasteiger partial charge in [0.2, 0.25) is 0 Å². The van der Waals surface area contributed by atoms with E-state index in [0.29, 0.717) is 16.9 Å². The fourth-order valence-corrected chi connectivity index (χ4v) is 9.39. The topological polar surface area (TPSA) is 38.3 Å². The molecule has 34 heavy (non-hydrogen) atoms. The summed E-state index contributed by atoms with van der Waals surface area (Å²) in [4.78, 5) is 12.9. The average Bonchev–Trinajstić information content (AvgIpc) is 2.83. The molecule has 0 heterocycles. The molecule has 4 aliphatic carbocycles.